The Morgan fingerprint density at radius 1 is 0.656 bits per heavy atom. The summed E-state index contributed by atoms with van der Waals surface area (Å²) in [6.07, 6.45) is 0. The molecular weight excluding hydrogens is 428 g/mol. The van der Waals surface area contributed by atoms with Crippen LogP contribution in [-0.2, 0) is 9.59 Å². The predicted octanol–water partition coefficient (Wildman–Crippen LogP) is 0.625. The van der Waals surface area contributed by atoms with Gasteiger partial charge in [-0.2, -0.15) is 0 Å². The zero-order chi connectivity index (χ0) is 24.0. The van der Waals surface area contributed by atoms with E-state index in [1.54, 1.807) is 0 Å². The van der Waals surface area contributed by atoms with Gasteiger partial charge in [0.15, 0.2) is 0 Å². The van der Waals surface area contributed by atoms with Crippen molar-refractivity contribution in [3.63, 3.8) is 0 Å². The fourth-order valence-electron chi connectivity index (χ4n) is 3.06. The zero-order valence-electron chi connectivity index (χ0n) is 16.3. The van der Waals surface area contributed by atoms with Gasteiger partial charge in [0.25, 0.3) is 0 Å². The molecule has 0 spiro atoms. The van der Waals surface area contributed by atoms with Crippen molar-refractivity contribution < 1.29 is 49.8 Å². The van der Waals surface area contributed by atoms with Crippen LogP contribution in [0.4, 0.5) is 0 Å². The molecule has 0 aliphatic rings. The maximum atomic E-state index is 11.7. The van der Waals surface area contributed by atoms with Crippen molar-refractivity contribution in [2.24, 2.45) is 0 Å². The number of hydrogen-bond donors (Lipinski definition) is 8. The summed E-state index contributed by atoms with van der Waals surface area (Å²) in [7, 11) is 0. The first-order valence-electron chi connectivity index (χ1n) is 9.07. The summed E-state index contributed by atoms with van der Waals surface area (Å²) in [5.74, 6) is -6.35. The second-order valence-corrected chi connectivity index (χ2v) is 6.60. The largest absolute Gasteiger partial charge is 0.508 e. The van der Waals surface area contributed by atoms with Gasteiger partial charge in [-0.25, -0.2) is 9.59 Å². The van der Waals surface area contributed by atoms with Gasteiger partial charge in [-0.1, -0.05) is 0 Å². The summed E-state index contributed by atoms with van der Waals surface area (Å²) >= 11 is 0. The van der Waals surface area contributed by atoms with E-state index in [9.17, 15) is 49.8 Å². The minimum atomic E-state index is -1.53. The van der Waals surface area contributed by atoms with E-state index < -0.39 is 36.0 Å². The van der Waals surface area contributed by atoms with Crippen molar-refractivity contribution in [2.75, 3.05) is 13.1 Å². The molecule has 32 heavy (non-hydrogen) atoms. The number of rotatable bonds is 11. The first kappa shape index (κ1) is 24.1. The molecule has 0 saturated heterocycles. The van der Waals surface area contributed by atoms with Crippen molar-refractivity contribution >= 4 is 23.9 Å². The molecular formula is C20H20N2O10. The molecule has 0 fully saturated rings. The number of nitrogens with one attached hydrogen (secondary N) is 2. The average Bonchev–Trinajstić information content (AvgIpc) is 2.69. The summed E-state index contributed by atoms with van der Waals surface area (Å²) < 4.78 is 0. The summed E-state index contributed by atoms with van der Waals surface area (Å²) in [6.45, 7) is -0.340. The van der Waals surface area contributed by atoms with Crippen molar-refractivity contribution in [3.05, 3.63) is 58.7 Å². The minimum absolute atomic E-state index is 0.170. The Kier molecular flexibility index (Phi) is 7.71. The number of aromatic carboxylic acids is 2. The Hall–Kier alpha value is -4.16. The molecule has 12 nitrogen and oxygen atoms in total. The Morgan fingerprint density at radius 2 is 1.00 bits per heavy atom. The fourth-order valence-corrected chi connectivity index (χ4v) is 3.06. The number of aromatic hydroxyl groups is 2. The van der Waals surface area contributed by atoms with E-state index in [-0.39, 0.29) is 46.8 Å². The lowest BCUT2D eigenvalue weighted by Crippen LogP contribution is -2.38. The van der Waals surface area contributed by atoms with Gasteiger partial charge in [-0.3, -0.25) is 20.2 Å². The third-order valence-electron chi connectivity index (χ3n) is 4.47. The molecule has 0 aliphatic carbocycles. The van der Waals surface area contributed by atoms with Crippen molar-refractivity contribution in [2.45, 2.75) is 12.1 Å². The predicted molar refractivity (Wildman–Crippen MR) is 107 cm³/mol. The molecule has 8 N–H and O–H groups in total. The quantitative estimate of drug-likeness (QED) is 0.222. The second kappa shape index (κ2) is 10.2. The van der Waals surface area contributed by atoms with Gasteiger partial charge in [0.2, 0.25) is 0 Å². The third-order valence-corrected chi connectivity index (χ3v) is 4.47. The molecule has 0 aromatic heterocycles. The topological polar surface area (TPSA) is 214 Å². The Balaban J connectivity index is 2.18. The van der Waals surface area contributed by atoms with Gasteiger partial charge in [0.05, 0.1) is 11.1 Å². The molecule has 12 heteroatoms. The van der Waals surface area contributed by atoms with Gasteiger partial charge < -0.3 is 30.6 Å². The number of carbonyl (C=O) groups is 4. The van der Waals surface area contributed by atoms with Gasteiger partial charge in [0, 0.05) is 13.1 Å². The summed E-state index contributed by atoms with van der Waals surface area (Å²) in [6, 6.07) is 3.23. The second-order valence-electron chi connectivity index (χ2n) is 6.60. The average molecular weight is 448 g/mol. The lowest BCUT2D eigenvalue weighted by atomic mass is 9.99. The maximum Gasteiger partial charge on any atom is 0.336 e. The van der Waals surface area contributed by atoms with E-state index >= 15 is 0 Å². The number of phenols is 2. The third kappa shape index (κ3) is 5.71. The highest BCUT2D eigenvalue weighted by Gasteiger charge is 2.27. The highest BCUT2D eigenvalue weighted by Crippen LogP contribution is 2.25. The number of benzene rings is 2. The number of hydrogen-bond acceptors (Lipinski definition) is 8. The summed E-state index contributed by atoms with van der Waals surface area (Å²) in [5, 5.41) is 61.8. The van der Waals surface area contributed by atoms with E-state index in [4.69, 9.17) is 0 Å². The van der Waals surface area contributed by atoms with Crippen LogP contribution in [0.1, 0.15) is 43.9 Å². The Morgan fingerprint density at radius 3 is 1.28 bits per heavy atom. The first-order chi connectivity index (χ1) is 15.0. The number of aliphatic carboxylic acids is 2. The van der Waals surface area contributed by atoms with E-state index in [2.05, 4.69) is 10.6 Å². The lowest BCUT2D eigenvalue weighted by molar-refractivity contribution is -0.141. The molecule has 0 aliphatic heterocycles. The minimum Gasteiger partial charge on any atom is -0.508 e. The molecule has 0 heterocycles. The number of carboxylic acid groups (broad SMARTS) is 4. The zero-order valence-corrected chi connectivity index (χ0v) is 16.3. The van der Waals surface area contributed by atoms with Crippen LogP contribution in [0.25, 0.3) is 0 Å². The lowest BCUT2D eigenvalue weighted by Gasteiger charge is -2.20. The van der Waals surface area contributed by atoms with Crippen LogP contribution in [0.2, 0.25) is 0 Å². The molecule has 2 aromatic carbocycles. The SMILES string of the molecule is O=C(O)c1ccc(O)cc1C(NCCNC(C(=O)O)c1cc(O)ccc1C(=O)O)C(=O)O. The molecule has 2 aromatic rings. The Bertz CT molecular complexity index is 969. The highest BCUT2D eigenvalue weighted by atomic mass is 16.4. The highest BCUT2D eigenvalue weighted by molar-refractivity contribution is 5.93. The van der Waals surface area contributed by atoms with Crippen LogP contribution in [0, 0.1) is 0 Å². The van der Waals surface area contributed by atoms with Gasteiger partial charge in [-0.05, 0) is 47.5 Å². The smallest absolute Gasteiger partial charge is 0.336 e. The molecule has 2 unspecified atom stereocenters. The van der Waals surface area contributed by atoms with Crippen molar-refractivity contribution in [1.29, 1.82) is 0 Å². The molecule has 0 amide bonds. The van der Waals surface area contributed by atoms with E-state index in [0.717, 1.165) is 36.4 Å². The molecule has 170 valence electrons. The van der Waals surface area contributed by atoms with Crippen LogP contribution in [0.15, 0.2) is 36.4 Å². The summed E-state index contributed by atoms with van der Waals surface area (Å²) in [5.41, 5.74) is -1.10. The molecule has 2 rings (SSSR count). The van der Waals surface area contributed by atoms with Crippen molar-refractivity contribution in [1.82, 2.24) is 10.6 Å². The van der Waals surface area contributed by atoms with Crippen LogP contribution >= 0.6 is 0 Å². The van der Waals surface area contributed by atoms with Crippen LogP contribution in [0.5, 0.6) is 11.5 Å². The molecule has 0 saturated carbocycles. The van der Waals surface area contributed by atoms with Crippen LogP contribution < -0.4 is 10.6 Å². The molecule has 2 atom stereocenters. The monoisotopic (exact) mass is 448 g/mol. The van der Waals surface area contributed by atoms with E-state index in [1.165, 1.54) is 0 Å². The molecule has 0 radical (unpaired) electrons. The number of carboxylic acids is 4. The Labute approximate surface area is 180 Å². The fraction of sp³-hybridized carbons (Fsp3) is 0.200. The molecule has 0 bridgehead atoms. The van der Waals surface area contributed by atoms with Gasteiger partial charge in [0.1, 0.15) is 23.6 Å². The normalized spacial score (nSPS) is 12.6. The van der Waals surface area contributed by atoms with Gasteiger partial charge >= 0.3 is 23.9 Å². The maximum absolute atomic E-state index is 11.7. The van der Waals surface area contributed by atoms with Crippen molar-refractivity contribution in [3.8, 4) is 11.5 Å². The summed E-state index contributed by atoms with van der Waals surface area (Å²) in [4.78, 5) is 46.1. The first-order valence-corrected chi connectivity index (χ1v) is 9.07. The van der Waals surface area contributed by atoms with Crippen LogP contribution in [-0.4, -0.2) is 67.6 Å². The standard InChI is InChI=1S/C20H20N2O10/c23-9-1-3-11(17(25)26)13(7-9)15(19(29)30)21-5-6-22-16(20(31)32)14-8-10(24)2-4-12(14)18(27)28/h1-4,7-8,15-16,21-24H,5-6H2,(H,25,26)(H,27,28)(H,29,30)(H,31,32). The van der Waals surface area contributed by atoms with E-state index in [1.807, 2.05) is 0 Å². The number of phenolic OH excluding ortho intramolecular Hbond substituents is 2. The van der Waals surface area contributed by atoms with E-state index in [0.29, 0.717) is 0 Å². The van der Waals surface area contributed by atoms with Crippen LogP contribution in [0.3, 0.4) is 0 Å². The van der Waals surface area contributed by atoms with Gasteiger partial charge in [-0.15, -0.1) is 0 Å².